The van der Waals surface area contributed by atoms with Gasteiger partial charge in [0.2, 0.25) is 0 Å². The molecule has 0 saturated heterocycles. The van der Waals surface area contributed by atoms with Crippen molar-refractivity contribution in [3.05, 3.63) is 95.6 Å². The van der Waals surface area contributed by atoms with E-state index in [1.807, 2.05) is 54.6 Å². The van der Waals surface area contributed by atoms with E-state index in [9.17, 15) is 4.79 Å². The van der Waals surface area contributed by atoms with Crippen molar-refractivity contribution in [2.45, 2.75) is 0 Å². The summed E-state index contributed by atoms with van der Waals surface area (Å²) in [6.45, 7) is 0. The molecule has 0 aliphatic carbocycles. The van der Waals surface area contributed by atoms with E-state index in [2.05, 4.69) is 6.07 Å². The zero-order valence-corrected chi connectivity index (χ0v) is 12.2. The van der Waals surface area contributed by atoms with Crippen molar-refractivity contribution in [1.29, 1.82) is 0 Å². The Bertz CT molecular complexity index is 894. The molecule has 0 atom stereocenters. The minimum Gasteiger partial charge on any atom is -0.483 e. The van der Waals surface area contributed by atoms with Crippen LogP contribution in [-0.4, -0.2) is 11.8 Å². The number of rotatable bonds is 3. The summed E-state index contributed by atoms with van der Waals surface area (Å²) in [7, 11) is 0. The average Bonchev–Trinajstić information content (AvgIpc) is 2.94. The molecule has 1 aliphatic rings. The van der Waals surface area contributed by atoms with Gasteiger partial charge in [-0.25, -0.2) is 0 Å². The van der Waals surface area contributed by atoms with E-state index in [0.29, 0.717) is 11.3 Å². The zero-order valence-electron chi connectivity index (χ0n) is 12.2. The number of hydrogen-bond donors (Lipinski definition) is 0. The maximum atomic E-state index is 11.9. The van der Waals surface area contributed by atoms with Crippen LogP contribution >= 0.6 is 0 Å². The highest BCUT2D eigenvalue weighted by Gasteiger charge is 2.35. The fourth-order valence-electron chi connectivity index (χ4n) is 2.53. The molecule has 0 aromatic heterocycles. The highest BCUT2D eigenvalue weighted by molar-refractivity contribution is 6.19. The summed E-state index contributed by atoms with van der Waals surface area (Å²) in [4.78, 5) is 11.9. The van der Waals surface area contributed by atoms with Gasteiger partial charge in [0.05, 0.1) is 10.4 Å². The Morgan fingerprint density at radius 3 is 2.17 bits per heavy atom. The molecule has 0 radical (unpaired) electrons. The van der Waals surface area contributed by atoms with Gasteiger partial charge in [-0.2, -0.15) is 18.2 Å². The molecule has 3 nitrogen and oxygen atoms in total. The Morgan fingerprint density at radius 1 is 0.783 bits per heavy atom. The molecule has 0 saturated carbocycles. The number of fused-ring (bicyclic) bond motifs is 1. The van der Waals surface area contributed by atoms with Crippen molar-refractivity contribution in [3.63, 3.8) is 0 Å². The van der Waals surface area contributed by atoms with Crippen molar-refractivity contribution in [1.82, 2.24) is 0 Å². The fraction of sp³-hybridized carbons (Fsp3) is 0. The maximum absolute atomic E-state index is 11.9. The second-order valence-corrected chi connectivity index (χ2v) is 5.13. The van der Waals surface area contributed by atoms with Gasteiger partial charge in [-0.05, 0) is 36.4 Å². The quantitative estimate of drug-likeness (QED) is 0.537. The third-order valence-corrected chi connectivity index (χ3v) is 3.63. The minimum atomic E-state index is -0.309. The summed E-state index contributed by atoms with van der Waals surface area (Å²) < 4.78 is 11.2. The van der Waals surface area contributed by atoms with E-state index in [-0.39, 0.29) is 5.97 Å². The van der Waals surface area contributed by atoms with Crippen LogP contribution in [0.3, 0.4) is 0 Å². The Hall–Kier alpha value is -3.20. The molecule has 3 heteroatoms. The number of benzene rings is 3. The largest absolute Gasteiger partial charge is 0.614 e. The molecular formula is C20H12O3. The van der Waals surface area contributed by atoms with E-state index < -0.39 is 0 Å². The predicted octanol–water partition coefficient (Wildman–Crippen LogP) is 4.20. The van der Waals surface area contributed by atoms with Crippen molar-refractivity contribution in [2.24, 2.45) is 0 Å². The Kier molecular flexibility index (Phi) is 3.24. The fourth-order valence-corrected chi connectivity index (χ4v) is 2.53. The zero-order chi connectivity index (χ0) is 15.6. The summed E-state index contributed by atoms with van der Waals surface area (Å²) >= 11 is 0. The molecule has 0 fully saturated rings. The first-order chi connectivity index (χ1) is 11.3. The van der Waals surface area contributed by atoms with Gasteiger partial charge in [0.15, 0.2) is 0 Å². The third kappa shape index (κ3) is 2.53. The first kappa shape index (κ1) is 13.5. The highest BCUT2D eigenvalue weighted by atomic mass is 16.5. The molecule has 0 unspecified atom stereocenters. The lowest BCUT2D eigenvalue weighted by Crippen LogP contribution is -2.00. The third-order valence-electron chi connectivity index (χ3n) is 3.63. The molecule has 110 valence electrons. The Morgan fingerprint density at radius 2 is 1.43 bits per heavy atom. The molecule has 3 aromatic carbocycles. The Labute approximate surface area is 133 Å². The summed E-state index contributed by atoms with van der Waals surface area (Å²) in [6, 6.07) is 25.1. The number of ketones is 1. The van der Waals surface area contributed by atoms with Crippen molar-refractivity contribution >= 4 is 11.8 Å². The number of ether oxygens (including phenoxy) is 1. The van der Waals surface area contributed by atoms with Crippen LogP contribution in [-0.2, 0) is 0 Å². The van der Waals surface area contributed by atoms with Crippen molar-refractivity contribution in [2.75, 3.05) is 0 Å². The lowest BCUT2D eigenvalue weighted by Gasteiger charge is -2.09. The van der Waals surface area contributed by atoms with E-state index >= 15 is 0 Å². The monoisotopic (exact) mass is 300 g/mol. The minimum absolute atomic E-state index is 0.309. The van der Waals surface area contributed by atoms with E-state index in [0.717, 1.165) is 22.6 Å². The summed E-state index contributed by atoms with van der Waals surface area (Å²) in [5, 5.41) is 0. The normalized spacial score (nSPS) is 12.7. The van der Waals surface area contributed by atoms with Gasteiger partial charge in [-0.1, -0.05) is 12.1 Å². The highest BCUT2D eigenvalue weighted by Crippen LogP contribution is 2.25. The molecule has 1 aliphatic heterocycles. The standard InChI is InChI=1S/C20H12O3/c21-20-18-9-5-4-8-17(18)19(23-20)14-10-12-16(13-11-14)22-15-6-2-1-3-7-15/h2-13H. The smallest absolute Gasteiger partial charge is 0.483 e. The average molecular weight is 300 g/mol. The molecule has 1 heterocycles. The topological polar surface area (TPSA) is 37.6 Å². The van der Waals surface area contributed by atoms with Gasteiger partial charge in [0.25, 0.3) is 5.78 Å². The summed E-state index contributed by atoms with van der Waals surface area (Å²) in [5.41, 5.74) is 2.27. The second-order valence-electron chi connectivity index (χ2n) is 5.13. The van der Waals surface area contributed by atoms with Gasteiger partial charge in [-0.15, -0.1) is 12.1 Å². The molecular weight excluding hydrogens is 288 g/mol. The predicted molar refractivity (Wildman–Crippen MR) is 86.0 cm³/mol. The van der Waals surface area contributed by atoms with Crippen molar-refractivity contribution < 1.29 is 14.0 Å². The van der Waals surface area contributed by atoms with Gasteiger partial charge >= 0.3 is 5.97 Å². The van der Waals surface area contributed by atoms with Gasteiger partial charge in [-0.3, -0.25) is 4.42 Å². The molecule has 3 aromatic rings. The first-order valence-electron chi connectivity index (χ1n) is 7.24. The van der Waals surface area contributed by atoms with Crippen LogP contribution in [0.2, 0.25) is 0 Å². The van der Waals surface area contributed by atoms with Crippen LogP contribution in [0.25, 0.3) is 0 Å². The van der Waals surface area contributed by atoms with E-state index in [4.69, 9.17) is 9.16 Å². The Balaban J connectivity index is 1.62. The van der Waals surface area contributed by atoms with Gasteiger partial charge in [0.1, 0.15) is 11.3 Å². The molecule has 23 heavy (non-hydrogen) atoms. The summed E-state index contributed by atoms with van der Waals surface area (Å²) in [5.74, 6) is 1.75. The first-order valence-corrected chi connectivity index (χ1v) is 7.24. The molecule has 4 rings (SSSR count). The van der Waals surface area contributed by atoms with Crippen LogP contribution < -0.4 is 4.74 Å². The lowest BCUT2D eigenvalue weighted by atomic mass is 10.0. The van der Waals surface area contributed by atoms with Gasteiger partial charge < -0.3 is 4.74 Å². The van der Waals surface area contributed by atoms with Gasteiger partial charge in [0, 0.05) is 11.3 Å². The van der Waals surface area contributed by atoms with E-state index in [1.165, 1.54) is 0 Å². The summed E-state index contributed by atoms with van der Waals surface area (Å²) in [6.07, 6.45) is 0. The van der Waals surface area contributed by atoms with Crippen molar-refractivity contribution in [3.8, 4) is 11.5 Å². The maximum Gasteiger partial charge on any atom is 0.614 e. The van der Waals surface area contributed by atoms with Crippen LogP contribution in [0.5, 0.6) is 11.5 Å². The number of carbonyl (C=O) groups excluding carboxylic acids is 2. The van der Waals surface area contributed by atoms with Crippen LogP contribution in [0, 0.1) is 6.07 Å². The second kappa shape index (κ2) is 5.54. The van der Waals surface area contributed by atoms with Crippen LogP contribution in [0.1, 0.15) is 25.9 Å². The van der Waals surface area contributed by atoms with Crippen LogP contribution in [0.4, 0.5) is 0 Å². The lowest BCUT2D eigenvalue weighted by molar-refractivity contribution is -0.162. The molecule has 0 N–H and O–H groups in total. The molecule has 0 amide bonds. The number of carbonyl (C=O) groups is 1. The number of hydrogen-bond acceptors (Lipinski definition) is 2. The molecule has 0 bridgehead atoms. The van der Waals surface area contributed by atoms with Crippen LogP contribution in [0.15, 0.2) is 72.8 Å². The SMILES string of the molecule is O=C1[O+]=C(c2ccc(Oc3cc[c-]cc3)cc2)c2ccccc21. The van der Waals surface area contributed by atoms with E-state index in [1.54, 1.807) is 18.2 Å². The molecule has 0 spiro atoms.